The zero-order valence-electron chi connectivity index (χ0n) is 9.02. The molecule has 0 atom stereocenters. The maximum atomic E-state index is 11.3. The van der Waals surface area contributed by atoms with Crippen LogP contribution in [0, 0.1) is 13.8 Å². The molecule has 0 heterocycles. The number of carboxylic acids is 1. The van der Waals surface area contributed by atoms with Crippen molar-refractivity contribution in [2.45, 2.75) is 13.8 Å². The molecule has 6 heteroatoms. The van der Waals surface area contributed by atoms with Crippen molar-refractivity contribution < 1.29 is 18.3 Å². The van der Waals surface area contributed by atoms with Gasteiger partial charge in [-0.2, -0.15) is 0 Å². The summed E-state index contributed by atoms with van der Waals surface area (Å²) in [6, 6.07) is 5.19. The topological polar surface area (TPSA) is 83.5 Å². The van der Waals surface area contributed by atoms with Gasteiger partial charge in [-0.1, -0.05) is 6.07 Å². The van der Waals surface area contributed by atoms with E-state index in [4.69, 9.17) is 5.11 Å². The molecule has 1 aromatic carbocycles. The Morgan fingerprint density at radius 3 is 2.19 bits per heavy atom. The number of carbonyl (C=O) groups is 1. The summed E-state index contributed by atoms with van der Waals surface area (Å²) in [6.45, 7) is 3.67. The second kappa shape index (κ2) is 4.52. The van der Waals surface area contributed by atoms with E-state index in [9.17, 15) is 13.2 Å². The Morgan fingerprint density at radius 2 is 1.75 bits per heavy atom. The van der Waals surface area contributed by atoms with E-state index in [0.717, 1.165) is 11.1 Å². The van der Waals surface area contributed by atoms with Gasteiger partial charge in [0.05, 0.1) is 0 Å². The lowest BCUT2D eigenvalue weighted by atomic mass is 10.1. The predicted octanol–water partition coefficient (Wildman–Crippen LogP) is 1.13. The first-order chi connectivity index (χ1) is 7.28. The second-order valence-corrected chi connectivity index (χ2v) is 5.35. The molecule has 1 rings (SSSR count). The van der Waals surface area contributed by atoms with Crippen molar-refractivity contribution in [1.82, 2.24) is 0 Å². The van der Waals surface area contributed by atoms with E-state index in [1.54, 1.807) is 12.1 Å². The summed E-state index contributed by atoms with van der Waals surface area (Å²) in [7, 11) is -3.82. The van der Waals surface area contributed by atoms with Crippen molar-refractivity contribution in [3.8, 4) is 0 Å². The van der Waals surface area contributed by atoms with E-state index < -0.39 is 21.7 Å². The molecule has 0 fully saturated rings. The Morgan fingerprint density at radius 1 is 1.25 bits per heavy atom. The third kappa shape index (κ3) is 3.90. The molecule has 0 radical (unpaired) electrons. The lowest BCUT2D eigenvalue weighted by Crippen LogP contribution is -2.22. The summed E-state index contributed by atoms with van der Waals surface area (Å²) in [4.78, 5) is 10.3. The van der Waals surface area contributed by atoms with Crippen LogP contribution < -0.4 is 4.72 Å². The van der Waals surface area contributed by atoms with Crippen molar-refractivity contribution in [2.75, 3.05) is 10.5 Å². The van der Waals surface area contributed by atoms with Gasteiger partial charge in [-0.3, -0.25) is 9.52 Å². The van der Waals surface area contributed by atoms with Crippen LogP contribution in [0.25, 0.3) is 0 Å². The molecule has 16 heavy (non-hydrogen) atoms. The fourth-order valence-electron chi connectivity index (χ4n) is 1.41. The van der Waals surface area contributed by atoms with Crippen molar-refractivity contribution in [3.63, 3.8) is 0 Å². The summed E-state index contributed by atoms with van der Waals surface area (Å²) >= 11 is 0. The molecule has 0 spiro atoms. The fraction of sp³-hybridized carbons (Fsp3) is 0.300. The Balaban J connectivity index is 2.92. The number of carboxylic acid groups (broad SMARTS) is 1. The third-order valence-corrected chi connectivity index (χ3v) is 2.98. The van der Waals surface area contributed by atoms with Crippen LogP contribution in [0.3, 0.4) is 0 Å². The molecule has 0 aliphatic heterocycles. The van der Waals surface area contributed by atoms with Crippen LogP contribution >= 0.6 is 0 Å². The lowest BCUT2D eigenvalue weighted by molar-refractivity contribution is -0.134. The van der Waals surface area contributed by atoms with Crippen molar-refractivity contribution in [3.05, 3.63) is 29.3 Å². The maximum Gasteiger partial charge on any atom is 0.320 e. The van der Waals surface area contributed by atoms with Gasteiger partial charge < -0.3 is 5.11 Å². The number of hydrogen-bond donors (Lipinski definition) is 2. The first-order valence-corrected chi connectivity index (χ1v) is 6.24. The molecule has 2 N–H and O–H groups in total. The molecule has 0 bridgehead atoms. The Kier molecular flexibility index (Phi) is 3.54. The Hall–Kier alpha value is -1.56. The number of benzene rings is 1. The summed E-state index contributed by atoms with van der Waals surface area (Å²) in [5.41, 5.74) is 2.21. The van der Waals surface area contributed by atoms with E-state index in [-0.39, 0.29) is 0 Å². The highest BCUT2D eigenvalue weighted by atomic mass is 32.2. The van der Waals surface area contributed by atoms with E-state index in [2.05, 4.69) is 4.72 Å². The smallest absolute Gasteiger partial charge is 0.320 e. The molecule has 0 amide bonds. The number of aryl methyl sites for hydroxylation is 2. The molecule has 5 nitrogen and oxygen atoms in total. The van der Waals surface area contributed by atoms with E-state index >= 15 is 0 Å². The number of sulfonamides is 1. The van der Waals surface area contributed by atoms with Gasteiger partial charge in [0, 0.05) is 5.69 Å². The van der Waals surface area contributed by atoms with Gasteiger partial charge in [0.1, 0.15) is 0 Å². The number of nitrogens with one attached hydrogen (secondary N) is 1. The van der Waals surface area contributed by atoms with Gasteiger partial charge in [-0.15, -0.1) is 0 Å². The Labute approximate surface area is 94.2 Å². The average Bonchev–Trinajstić information content (AvgIpc) is 1.95. The maximum absolute atomic E-state index is 11.3. The monoisotopic (exact) mass is 243 g/mol. The molecular formula is C10H13NO4S. The highest BCUT2D eigenvalue weighted by Gasteiger charge is 2.15. The predicted molar refractivity (Wildman–Crippen MR) is 61.0 cm³/mol. The largest absolute Gasteiger partial charge is 0.480 e. The molecule has 1 aromatic rings. The van der Waals surface area contributed by atoms with Crippen LogP contribution in [-0.4, -0.2) is 25.2 Å². The number of rotatable bonds is 4. The molecule has 0 saturated carbocycles. The van der Waals surface area contributed by atoms with Gasteiger partial charge in [0.25, 0.3) is 0 Å². The van der Waals surface area contributed by atoms with Crippen molar-refractivity contribution in [2.24, 2.45) is 0 Å². The summed E-state index contributed by atoms with van der Waals surface area (Å²) in [5, 5.41) is 8.42. The molecular weight excluding hydrogens is 230 g/mol. The van der Waals surface area contributed by atoms with E-state index in [1.165, 1.54) is 0 Å². The minimum absolute atomic E-state index is 0.388. The van der Waals surface area contributed by atoms with Crippen molar-refractivity contribution in [1.29, 1.82) is 0 Å². The molecule has 88 valence electrons. The van der Waals surface area contributed by atoms with E-state index in [0.29, 0.717) is 5.69 Å². The van der Waals surface area contributed by atoms with Crippen LogP contribution in [0.5, 0.6) is 0 Å². The minimum atomic E-state index is -3.82. The minimum Gasteiger partial charge on any atom is -0.480 e. The fourth-order valence-corrected chi connectivity index (χ4v) is 2.29. The normalized spacial score (nSPS) is 11.1. The van der Waals surface area contributed by atoms with Gasteiger partial charge in [0.15, 0.2) is 5.75 Å². The molecule has 0 aromatic heterocycles. The van der Waals surface area contributed by atoms with Gasteiger partial charge in [0.2, 0.25) is 10.0 Å². The number of aliphatic carboxylic acids is 1. The first kappa shape index (κ1) is 12.5. The zero-order valence-corrected chi connectivity index (χ0v) is 9.84. The molecule has 0 unspecified atom stereocenters. The number of anilines is 1. The van der Waals surface area contributed by atoms with Crippen LogP contribution in [0.15, 0.2) is 18.2 Å². The molecule has 0 saturated heterocycles. The summed E-state index contributed by atoms with van der Waals surface area (Å²) < 4.78 is 24.9. The molecule has 0 aliphatic rings. The second-order valence-electron chi connectivity index (χ2n) is 3.63. The van der Waals surface area contributed by atoms with Crippen LogP contribution in [-0.2, 0) is 14.8 Å². The Bertz CT molecular complexity index is 487. The summed E-state index contributed by atoms with van der Waals surface area (Å²) in [5.74, 6) is -2.31. The average molecular weight is 243 g/mol. The third-order valence-electron chi connectivity index (χ3n) is 1.81. The zero-order chi connectivity index (χ0) is 12.3. The highest BCUT2D eigenvalue weighted by molar-refractivity contribution is 7.93. The summed E-state index contributed by atoms with van der Waals surface area (Å²) in [6.07, 6.45) is 0. The number of hydrogen-bond acceptors (Lipinski definition) is 3. The molecule has 0 aliphatic carbocycles. The standard InChI is InChI=1S/C10H13NO4S/c1-7-3-8(2)5-9(4-7)11-16(14,15)6-10(12)13/h3-5,11H,6H2,1-2H3,(H,12,13). The van der Waals surface area contributed by atoms with Gasteiger partial charge in [-0.05, 0) is 37.1 Å². The quantitative estimate of drug-likeness (QED) is 0.830. The van der Waals surface area contributed by atoms with Gasteiger partial charge in [-0.25, -0.2) is 8.42 Å². The highest BCUT2D eigenvalue weighted by Crippen LogP contribution is 2.15. The van der Waals surface area contributed by atoms with E-state index in [1.807, 2.05) is 19.9 Å². The first-order valence-electron chi connectivity index (χ1n) is 4.59. The van der Waals surface area contributed by atoms with Gasteiger partial charge >= 0.3 is 5.97 Å². The van der Waals surface area contributed by atoms with Crippen LogP contribution in [0.2, 0.25) is 0 Å². The lowest BCUT2D eigenvalue weighted by Gasteiger charge is -2.07. The SMILES string of the molecule is Cc1cc(C)cc(NS(=O)(=O)CC(=O)O)c1. The van der Waals surface area contributed by atoms with Crippen molar-refractivity contribution >= 4 is 21.7 Å². The van der Waals surface area contributed by atoms with Crippen LogP contribution in [0.1, 0.15) is 11.1 Å². The van der Waals surface area contributed by atoms with Crippen LogP contribution in [0.4, 0.5) is 5.69 Å².